The fourth-order valence-electron chi connectivity index (χ4n) is 2.51. The van der Waals surface area contributed by atoms with Crippen LogP contribution in [0.25, 0.3) is 0 Å². The number of fused-ring (bicyclic) bond motifs is 1. The van der Waals surface area contributed by atoms with Crippen molar-refractivity contribution in [2.45, 2.75) is 25.4 Å². The second kappa shape index (κ2) is 4.77. The third-order valence-electron chi connectivity index (χ3n) is 3.80. The third-order valence-corrected chi connectivity index (χ3v) is 3.80. The lowest BCUT2D eigenvalue weighted by atomic mass is 9.86. The standard InChI is InChI=1S/C14H17F3N2O/c1-13(2)10-5-3-4-6-11(10)19(12(13)20)8-9(7-18)14(15,16)17/h3-6,9H,7-8,18H2,1-2H3. The van der Waals surface area contributed by atoms with Crippen molar-refractivity contribution in [1.29, 1.82) is 0 Å². The van der Waals surface area contributed by atoms with Crippen LogP contribution in [0.5, 0.6) is 0 Å². The van der Waals surface area contributed by atoms with Gasteiger partial charge in [0.05, 0.1) is 11.3 Å². The minimum atomic E-state index is -4.41. The summed E-state index contributed by atoms with van der Waals surface area (Å²) in [6, 6.07) is 6.94. The molecule has 0 aromatic heterocycles. The number of alkyl halides is 3. The first-order chi connectivity index (χ1) is 9.19. The molecule has 1 heterocycles. The van der Waals surface area contributed by atoms with Crippen molar-refractivity contribution in [2.24, 2.45) is 11.7 Å². The average molecular weight is 286 g/mol. The van der Waals surface area contributed by atoms with Gasteiger partial charge in [0.1, 0.15) is 0 Å². The number of carbonyl (C=O) groups is 1. The highest BCUT2D eigenvalue weighted by atomic mass is 19.4. The maximum Gasteiger partial charge on any atom is 0.394 e. The van der Waals surface area contributed by atoms with E-state index in [1.165, 1.54) is 4.90 Å². The van der Waals surface area contributed by atoms with E-state index in [-0.39, 0.29) is 5.91 Å². The lowest BCUT2D eigenvalue weighted by Crippen LogP contribution is -2.44. The zero-order valence-electron chi connectivity index (χ0n) is 11.4. The van der Waals surface area contributed by atoms with E-state index in [1.54, 1.807) is 38.1 Å². The fraction of sp³-hybridized carbons (Fsp3) is 0.500. The molecule has 2 rings (SSSR count). The van der Waals surface area contributed by atoms with Crippen LogP contribution in [0.1, 0.15) is 19.4 Å². The van der Waals surface area contributed by atoms with Crippen LogP contribution in [-0.2, 0) is 10.2 Å². The van der Waals surface area contributed by atoms with Crippen molar-refractivity contribution in [3.05, 3.63) is 29.8 Å². The molecule has 1 atom stereocenters. The maximum absolute atomic E-state index is 12.9. The highest BCUT2D eigenvalue weighted by Crippen LogP contribution is 2.42. The molecule has 0 saturated heterocycles. The second-order valence-corrected chi connectivity index (χ2v) is 5.53. The first-order valence-electron chi connectivity index (χ1n) is 6.38. The topological polar surface area (TPSA) is 46.3 Å². The zero-order chi connectivity index (χ0) is 15.1. The highest BCUT2D eigenvalue weighted by molar-refractivity contribution is 6.07. The summed E-state index contributed by atoms with van der Waals surface area (Å²) in [6.45, 7) is 2.48. The number of halogens is 3. The van der Waals surface area contributed by atoms with E-state index in [1.807, 2.05) is 0 Å². The number of benzene rings is 1. The molecule has 1 aliphatic rings. The summed E-state index contributed by atoms with van der Waals surface area (Å²) < 4.78 is 38.6. The van der Waals surface area contributed by atoms with E-state index >= 15 is 0 Å². The Morgan fingerprint density at radius 2 is 1.90 bits per heavy atom. The molecule has 6 heteroatoms. The number of amides is 1. The van der Waals surface area contributed by atoms with Gasteiger partial charge in [0.15, 0.2) is 0 Å². The normalized spacial score (nSPS) is 19.1. The van der Waals surface area contributed by atoms with Gasteiger partial charge in [-0.15, -0.1) is 0 Å². The second-order valence-electron chi connectivity index (χ2n) is 5.53. The van der Waals surface area contributed by atoms with Crippen LogP contribution in [0.3, 0.4) is 0 Å². The molecule has 20 heavy (non-hydrogen) atoms. The van der Waals surface area contributed by atoms with Crippen LogP contribution in [0.15, 0.2) is 24.3 Å². The van der Waals surface area contributed by atoms with Crippen molar-refractivity contribution < 1.29 is 18.0 Å². The molecule has 1 amide bonds. The first kappa shape index (κ1) is 14.8. The lowest BCUT2D eigenvalue weighted by Gasteiger charge is -2.26. The minimum absolute atomic E-state index is 0.318. The Hall–Kier alpha value is -1.56. The van der Waals surface area contributed by atoms with Crippen LogP contribution in [0.2, 0.25) is 0 Å². The van der Waals surface area contributed by atoms with Crippen LogP contribution in [0, 0.1) is 5.92 Å². The summed E-state index contributed by atoms with van der Waals surface area (Å²) in [5, 5.41) is 0. The molecular formula is C14H17F3N2O. The first-order valence-corrected chi connectivity index (χ1v) is 6.38. The molecule has 1 aromatic carbocycles. The van der Waals surface area contributed by atoms with Crippen molar-refractivity contribution in [3.63, 3.8) is 0 Å². The quantitative estimate of drug-likeness (QED) is 0.927. The number of hydrogen-bond donors (Lipinski definition) is 1. The number of nitrogens with zero attached hydrogens (tertiary/aromatic N) is 1. The summed E-state index contributed by atoms with van der Waals surface area (Å²) in [4.78, 5) is 13.6. The zero-order valence-corrected chi connectivity index (χ0v) is 11.4. The Morgan fingerprint density at radius 1 is 1.30 bits per heavy atom. The molecule has 0 spiro atoms. The molecule has 1 unspecified atom stereocenters. The van der Waals surface area contributed by atoms with Gasteiger partial charge in [-0.3, -0.25) is 4.79 Å². The van der Waals surface area contributed by atoms with E-state index in [9.17, 15) is 18.0 Å². The Labute approximate surface area is 115 Å². The van der Waals surface area contributed by atoms with Gasteiger partial charge in [0.2, 0.25) is 5.91 Å². The van der Waals surface area contributed by atoms with E-state index in [4.69, 9.17) is 5.73 Å². The van der Waals surface area contributed by atoms with Gasteiger partial charge in [-0.2, -0.15) is 13.2 Å². The van der Waals surface area contributed by atoms with Gasteiger partial charge in [0, 0.05) is 18.8 Å². The summed E-state index contributed by atoms with van der Waals surface area (Å²) in [6.07, 6.45) is -4.41. The minimum Gasteiger partial charge on any atom is -0.330 e. The van der Waals surface area contributed by atoms with E-state index in [0.29, 0.717) is 5.69 Å². The lowest BCUT2D eigenvalue weighted by molar-refractivity contribution is -0.169. The van der Waals surface area contributed by atoms with Crippen LogP contribution in [0.4, 0.5) is 18.9 Å². The molecule has 0 fully saturated rings. The molecule has 1 aromatic rings. The number of carbonyl (C=O) groups excluding carboxylic acids is 1. The van der Waals surface area contributed by atoms with E-state index < -0.39 is 30.6 Å². The number of nitrogens with two attached hydrogens (primary N) is 1. The van der Waals surface area contributed by atoms with Gasteiger partial charge >= 0.3 is 6.18 Å². The van der Waals surface area contributed by atoms with Crippen molar-refractivity contribution >= 4 is 11.6 Å². The van der Waals surface area contributed by atoms with Crippen molar-refractivity contribution in [1.82, 2.24) is 0 Å². The summed E-state index contributed by atoms with van der Waals surface area (Å²) in [7, 11) is 0. The highest BCUT2D eigenvalue weighted by Gasteiger charge is 2.47. The van der Waals surface area contributed by atoms with Crippen LogP contribution < -0.4 is 10.6 Å². The molecule has 0 radical (unpaired) electrons. The molecule has 0 bridgehead atoms. The number of hydrogen-bond acceptors (Lipinski definition) is 2. The van der Waals surface area contributed by atoms with Gasteiger partial charge < -0.3 is 10.6 Å². The average Bonchev–Trinajstić information content (AvgIpc) is 2.55. The predicted octanol–water partition coefficient (Wildman–Crippen LogP) is 2.45. The van der Waals surface area contributed by atoms with E-state index in [2.05, 4.69) is 0 Å². The van der Waals surface area contributed by atoms with Crippen molar-refractivity contribution in [3.8, 4) is 0 Å². The monoisotopic (exact) mass is 286 g/mol. The van der Waals surface area contributed by atoms with Crippen LogP contribution in [-0.4, -0.2) is 25.2 Å². The molecule has 1 aliphatic heterocycles. The smallest absolute Gasteiger partial charge is 0.330 e. The summed E-state index contributed by atoms with van der Waals surface area (Å²) in [5.74, 6) is -2.03. The Morgan fingerprint density at radius 3 is 2.45 bits per heavy atom. The van der Waals surface area contributed by atoms with Gasteiger partial charge in [0.25, 0.3) is 0 Å². The Kier molecular flexibility index (Phi) is 3.54. The SMILES string of the molecule is CC1(C)C(=O)N(CC(CN)C(F)(F)F)c2ccccc21. The molecular weight excluding hydrogens is 269 g/mol. The maximum atomic E-state index is 12.9. The van der Waals surface area contributed by atoms with Crippen LogP contribution >= 0.6 is 0 Å². The molecule has 110 valence electrons. The number of anilines is 1. The van der Waals surface area contributed by atoms with Gasteiger partial charge in [-0.25, -0.2) is 0 Å². The summed E-state index contributed by atoms with van der Waals surface area (Å²) in [5.41, 5.74) is 5.71. The van der Waals surface area contributed by atoms with Gasteiger partial charge in [-0.05, 0) is 25.5 Å². The van der Waals surface area contributed by atoms with Crippen molar-refractivity contribution in [2.75, 3.05) is 18.0 Å². The predicted molar refractivity (Wildman–Crippen MR) is 70.4 cm³/mol. The Bertz CT molecular complexity index is 525. The molecule has 3 nitrogen and oxygen atoms in total. The molecule has 0 saturated carbocycles. The summed E-state index contributed by atoms with van der Waals surface area (Å²) >= 11 is 0. The fourth-order valence-corrected chi connectivity index (χ4v) is 2.51. The number of para-hydroxylation sites is 1. The molecule has 0 aliphatic carbocycles. The number of rotatable bonds is 3. The Balaban J connectivity index is 2.37. The third kappa shape index (κ3) is 2.28. The molecule has 2 N–H and O–H groups in total. The largest absolute Gasteiger partial charge is 0.394 e. The van der Waals surface area contributed by atoms with E-state index in [0.717, 1.165) is 5.56 Å². The van der Waals surface area contributed by atoms with Gasteiger partial charge in [-0.1, -0.05) is 18.2 Å².